The number of nitrogens with zero attached hydrogens (tertiary/aromatic N) is 1. The normalized spacial score (nSPS) is 14.5. The molecular weight excluding hydrogens is 427 g/mol. The largest absolute Gasteiger partial charge is 0.487 e. The molecule has 0 aromatic heterocycles. The molecular formula is C22H16F7NO. The highest BCUT2D eigenvalue weighted by molar-refractivity contribution is 5.97. The van der Waals surface area contributed by atoms with Gasteiger partial charge in [-0.15, -0.1) is 0 Å². The minimum Gasteiger partial charge on any atom is -0.487 e. The smallest absolute Gasteiger partial charge is 0.272 e. The van der Waals surface area contributed by atoms with Crippen LogP contribution in [0.3, 0.4) is 0 Å². The Morgan fingerprint density at radius 1 is 0.903 bits per heavy atom. The van der Waals surface area contributed by atoms with E-state index in [1.54, 1.807) is 18.2 Å². The zero-order valence-electron chi connectivity index (χ0n) is 15.9. The number of alkyl halides is 4. The van der Waals surface area contributed by atoms with E-state index < -0.39 is 60.5 Å². The van der Waals surface area contributed by atoms with Gasteiger partial charge in [0.2, 0.25) is 0 Å². The molecule has 2 nitrogen and oxygen atoms in total. The molecule has 0 N–H and O–H groups in total. The molecule has 0 unspecified atom stereocenters. The van der Waals surface area contributed by atoms with Crippen molar-refractivity contribution in [2.24, 2.45) is 0 Å². The van der Waals surface area contributed by atoms with Crippen LogP contribution in [0, 0.1) is 11.6 Å². The Labute approximate surface area is 173 Å². The molecule has 0 atom stereocenters. The molecule has 1 aliphatic heterocycles. The number of allylic oxidation sites excluding steroid dienone is 3. The fourth-order valence-electron chi connectivity index (χ4n) is 3.15. The van der Waals surface area contributed by atoms with Gasteiger partial charge in [-0.05, 0) is 11.6 Å². The van der Waals surface area contributed by atoms with Crippen molar-refractivity contribution >= 4 is 11.3 Å². The lowest BCUT2D eigenvalue weighted by Gasteiger charge is -2.34. The van der Waals surface area contributed by atoms with Crippen molar-refractivity contribution in [2.45, 2.75) is 12.9 Å². The number of benzene rings is 2. The lowest BCUT2D eigenvalue weighted by molar-refractivity contribution is 0.0815. The Balaban J connectivity index is 2.24. The Hall–Kier alpha value is -3.23. The molecule has 0 fully saturated rings. The van der Waals surface area contributed by atoms with E-state index in [0.717, 1.165) is 6.08 Å². The molecule has 31 heavy (non-hydrogen) atoms. The van der Waals surface area contributed by atoms with Gasteiger partial charge < -0.3 is 9.64 Å². The van der Waals surface area contributed by atoms with Gasteiger partial charge in [0.25, 0.3) is 12.9 Å². The minimum atomic E-state index is -2.98. The highest BCUT2D eigenvalue weighted by Gasteiger charge is 2.32. The van der Waals surface area contributed by atoms with Crippen LogP contribution in [0.4, 0.5) is 30.7 Å². The maximum absolute atomic E-state index is 14.9. The third kappa shape index (κ3) is 4.92. The summed E-state index contributed by atoms with van der Waals surface area (Å²) < 4.78 is 100. The maximum atomic E-state index is 14.9. The number of hydrogen-bond acceptors (Lipinski definition) is 2. The van der Waals surface area contributed by atoms with E-state index in [9.17, 15) is 30.7 Å². The van der Waals surface area contributed by atoms with Crippen LogP contribution in [-0.4, -0.2) is 30.9 Å². The minimum absolute atomic E-state index is 0.0507. The van der Waals surface area contributed by atoms with Crippen LogP contribution in [0.25, 0.3) is 11.3 Å². The summed E-state index contributed by atoms with van der Waals surface area (Å²) in [5, 5.41) is 0. The number of hydrogen-bond donors (Lipinski definition) is 0. The average Bonchev–Trinajstić information content (AvgIpc) is 2.71. The van der Waals surface area contributed by atoms with Gasteiger partial charge >= 0.3 is 0 Å². The summed E-state index contributed by atoms with van der Waals surface area (Å²) in [6, 6.07) is 9.18. The standard InChI is InChI=1S/C22H16F7NO/c1-12-16(23)9-15(13-5-3-2-4-6-13)22(30(12)10-19(26)27)21-17(24)7-14(8-18(21)25)31-11-20(28)29/h2-9,19-20H,1,10-11H2. The number of rotatable bonds is 7. The van der Waals surface area contributed by atoms with Crippen molar-refractivity contribution in [2.75, 3.05) is 13.2 Å². The van der Waals surface area contributed by atoms with E-state index in [1.165, 1.54) is 12.1 Å². The van der Waals surface area contributed by atoms with Gasteiger partial charge in [0, 0.05) is 17.7 Å². The second-order valence-electron chi connectivity index (χ2n) is 6.53. The summed E-state index contributed by atoms with van der Waals surface area (Å²) in [6.45, 7) is 1.26. The van der Waals surface area contributed by atoms with Gasteiger partial charge in [0.05, 0.1) is 23.5 Å². The molecule has 1 heterocycles. The Kier molecular flexibility index (Phi) is 6.72. The molecule has 0 amide bonds. The molecule has 0 saturated heterocycles. The number of halogens is 7. The molecule has 0 aliphatic carbocycles. The lowest BCUT2D eigenvalue weighted by atomic mass is 9.93. The third-order valence-electron chi connectivity index (χ3n) is 4.43. The van der Waals surface area contributed by atoms with E-state index in [-0.39, 0.29) is 11.3 Å². The summed E-state index contributed by atoms with van der Waals surface area (Å²) in [6.07, 6.45) is -4.89. The van der Waals surface area contributed by atoms with Crippen molar-refractivity contribution in [3.05, 3.63) is 89.4 Å². The van der Waals surface area contributed by atoms with E-state index >= 15 is 0 Å². The molecule has 2 aromatic carbocycles. The van der Waals surface area contributed by atoms with E-state index in [1.807, 2.05) is 0 Å². The molecule has 164 valence electrons. The fraction of sp³-hybridized carbons (Fsp3) is 0.182. The van der Waals surface area contributed by atoms with Crippen molar-refractivity contribution in [1.82, 2.24) is 4.90 Å². The third-order valence-corrected chi connectivity index (χ3v) is 4.43. The number of ether oxygens (including phenoxy) is 1. The fourth-order valence-corrected chi connectivity index (χ4v) is 3.15. The van der Waals surface area contributed by atoms with Crippen molar-refractivity contribution < 1.29 is 35.5 Å². The molecule has 0 saturated carbocycles. The van der Waals surface area contributed by atoms with Gasteiger partial charge in [-0.2, -0.15) is 0 Å². The van der Waals surface area contributed by atoms with Crippen LogP contribution < -0.4 is 4.74 Å². The second-order valence-corrected chi connectivity index (χ2v) is 6.53. The molecule has 1 aliphatic rings. The van der Waals surface area contributed by atoms with Gasteiger partial charge in [0.15, 0.2) is 0 Å². The van der Waals surface area contributed by atoms with Gasteiger partial charge in [-0.3, -0.25) is 0 Å². The summed E-state index contributed by atoms with van der Waals surface area (Å²) in [4.78, 5) is 0.698. The Morgan fingerprint density at radius 3 is 2.06 bits per heavy atom. The van der Waals surface area contributed by atoms with E-state index in [0.29, 0.717) is 22.6 Å². The van der Waals surface area contributed by atoms with Gasteiger partial charge in [-0.25, -0.2) is 30.7 Å². The van der Waals surface area contributed by atoms with E-state index in [2.05, 4.69) is 11.3 Å². The van der Waals surface area contributed by atoms with Gasteiger partial charge in [0.1, 0.15) is 29.8 Å². The van der Waals surface area contributed by atoms with Crippen LogP contribution >= 0.6 is 0 Å². The predicted octanol–water partition coefficient (Wildman–Crippen LogP) is 6.42. The van der Waals surface area contributed by atoms with Crippen LogP contribution in [0.1, 0.15) is 11.1 Å². The quantitative estimate of drug-likeness (QED) is 0.458. The van der Waals surface area contributed by atoms with Crippen molar-refractivity contribution in [1.29, 1.82) is 0 Å². The molecule has 0 spiro atoms. The summed E-state index contributed by atoms with van der Waals surface area (Å²) in [5.74, 6) is -3.95. The first-order chi connectivity index (χ1) is 14.7. The van der Waals surface area contributed by atoms with Crippen LogP contribution in [0.2, 0.25) is 0 Å². The van der Waals surface area contributed by atoms with Gasteiger partial charge in [-0.1, -0.05) is 36.9 Å². The Morgan fingerprint density at radius 2 is 1.52 bits per heavy atom. The second kappa shape index (κ2) is 9.28. The molecule has 0 bridgehead atoms. The molecule has 0 radical (unpaired) electrons. The van der Waals surface area contributed by atoms with Crippen molar-refractivity contribution in [3.8, 4) is 5.75 Å². The van der Waals surface area contributed by atoms with Crippen LogP contribution in [0.5, 0.6) is 5.75 Å². The SMILES string of the molecule is C=C1C(F)=CC(c2ccccc2)=C(c2c(F)cc(OCC(F)F)cc2F)N1CC(F)F. The summed E-state index contributed by atoms with van der Waals surface area (Å²) in [5.41, 5.74) is -1.34. The maximum Gasteiger partial charge on any atom is 0.272 e. The van der Waals surface area contributed by atoms with Crippen molar-refractivity contribution in [3.63, 3.8) is 0 Å². The Bertz CT molecular complexity index is 1010. The average molecular weight is 443 g/mol. The lowest BCUT2D eigenvalue weighted by Crippen LogP contribution is -2.30. The summed E-state index contributed by atoms with van der Waals surface area (Å²) in [7, 11) is 0. The van der Waals surface area contributed by atoms with Crippen LogP contribution in [0.15, 0.2) is 66.6 Å². The topological polar surface area (TPSA) is 12.5 Å². The first-order valence-corrected chi connectivity index (χ1v) is 9.01. The highest BCUT2D eigenvalue weighted by Crippen LogP contribution is 2.42. The zero-order valence-corrected chi connectivity index (χ0v) is 15.9. The summed E-state index contributed by atoms with van der Waals surface area (Å²) >= 11 is 0. The molecule has 3 rings (SSSR count). The molecule has 9 heteroatoms. The molecule has 2 aromatic rings. The predicted molar refractivity (Wildman–Crippen MR) is 102 cm³/mol. The van der Waals surface area contributed by atoms with Crippen LogP contribution in [-0.2, 0) is 0 Å². The first-order valence-electron chi connectivity index (χ1n) is 9.01. The first kappa shape index (κ1) is 22.5. The zero-order chi connectivity index (χ0) is 22.7. The van der Waals surface area contributed by atoms with E-state index in [4.69, 9.17) is 0 Å². The monoisotopic (exact) mass is 443 g/mol. The highest BCUT2D eigenvalue weighted by atomic mass is 19.3.